The van der Waals surface area contributed by atoms with Crippen molar-refractivity contribution >= 4 is 0 Å². The highest BCUT2D eigenvalue weighted by molar-refractivity contribution is 5.18. The van der Waals surface area contributed by atoms with Gasteiger partial charge < -0.3 is 57.2 Å². The Morgan fingerprint density at radius 3 is 1.12 bits per heavy atom. The highest BCUT2D eigenvalue weighted by Gasteiger charge is 2.54. The molecule has 1 N–H and O–H groups in total. The zero-order chi connectivity index (χ0) is 51.1. The number of ether oxygens (including phenoxy) is 11. The van der Waals surface area contributed by atoms with Crippen LogP contribution in [0.5, 0.6) is 0 Å². The van der Waals surface area contributed by atoms with E-state index in [1.165, 1.54) is 0 Å². The van der Waals surface area contributed by atoms with Crippen LogP contribution in [-0.4, -0.2) is 97.5 Å². The van der Waals surface area contributed by atoms with Gasteiger partial charge in [0.1, 0.15) is 48.8 Å². The van der Waals surface area contributed by atoms with Gasteiger partial charge in [-0.25, -0.2) is 0 Å². The highest BCUT2D eigenvalue weighted by Crippen LogP contribution is 2.38. The fourth-order valence-corrected chi connectivity index (χ4v) is 10.1. The minimum atomic E-state index is -1.38. The maximum absolute atomic E-state index is 12.8. The summed E-state index contributed by atoms with van der Waals surface area (Å²) in [4.78, 5) is 0. The molecule has 12 nitrogen and oxygen atoms in total. The Balaban J connectivity index is 1.01. The lowest BCUT2D eigenvalue weighted by Crippen LogP contribution is -2.65. The molecule has 12 heteroatoms. The van der Waals surface area contributed by atoms with Crippen molar-refractivity contribution in [3.05, 3.63) is 215 Å². The van der Waals surface area contributed by atoms with Gasteiger partial charge in [0.2, 0.25) is 0 Å². The number of aliphatic hydroxyl groups is 1. The van der Waals surface area contributed by atoms with E-state index in [2.05, 4.69) is 0 Å². The number of hydrogen-bond donors (Lipinski definition) is 1. The van der Waals surface area contributed by atoms with Gasteiger partial charge in [-0.15, -0.1) is 0 Å². The van der Waals surface area contributed by atoms with E-state index in [0.29, 0.717) is 33.0 Å². The van der Waals surface area contributed by atoms with Crippen LogP contribution in [0.4, 0.5) is 0 Å². The van der Waals surface area contributed by atoms with E-state index in [9.17, 15) is 5.11 Å². The van der Waals surface area contributed by atoms with Gasteiger partial charge in [0.15, 0.2) is 12.6 Å². The van der Waals surface area contributed by atoms with Crippen molar-refractivity contribution in [3.63, 3.8) is 0 Å². The third kappa shape index (κ3) is 14.4. The van der Waals surface area contributed by atoms with E-state index < -0.39 is 85.6 Å². The Morgan fingerprint density at radius 1 is 0.338 bits per heavy atom. The molecule has 9 rings (SSSR count). The van der Waals surface area contributed by atoms with Crippen molar-refractivity contribution in [2.24, 2.45) is 5.92 Å². The predicted molar refractivity (Wildman–Crippen MR) is 279 cm³/mol. The quantitative estimate of drug-likeness (QED) is 0.0658. The largest absolute Gasteiger partial charge is 0.385 e. The molecule has 0 saturated carbocycles. The third-order valence-corrected chi connectivity index (χ3v) is 14.1. The van der Waals surface area contributed by atoms with Gasteiger partial charge in [0.25, 0.3) is 0 Å². The van der Waals surface area contributed by atoms with Crippen LogP contribution >= 0.6 is 0 Å². The first-order valence-corrected chi connectivity index (χ1v) is 26.1. The third-order valence-electron chi connectivity index (χ3n) is 14.1. The van der Waals surface area contributed by atoms with Crippen LogP contribution in [0.3, 0.4) is 0 Å². The van der Waals surface area contributed by atoms with Crippen molar-refractivity contribution in [1.29, 1.82) is 0 Å². The normalized spacial score (nSPS) is 30.2. The van der Waals surface area contributed by atoms with Gasteiger partial charge in [0, 0.05) is 5.92 Å². The molecule has 392 valence electrons. The van der Waals surface area contributed by atoms with E-state index in [4.69, 9.17) is 52.1 Å². The van der Waals surface area contributed by atoms with Crippen molar-refractivity contribution in [3.8, 4) is 0 Å². The van der Waals surface area contributed by atoms with Gasteiger partial charge >= 0.3 is 0 Å². The number of aliphatic hydroxyl groups excluding tert-OH is 1. The maximum atomic E-state index is 12.8. The summed E-state index contributed by atoms with van der Waals surface area (Å²) in [7, 11) is 0. The van der Waals surface area contributed by atoms with Crippen LogP contribution in [0.15, 0.2) is 182 Å². The Bertz CT molecular complexity index is 2490. The molecule has 3 saturated heterocycles. The predicted octanol–water partition coefficient (Wildman–Crippen LogP) is 10.2. The van der Waals surface area contributed by atoms with Crippen molar-refractivity contribution in [2.45, 2.75) is 153 Å². The second kappa shape index (κ2) is 27.1. The summed E-state index contributed by atoms with van der Waals surface area (Å²) in [6.07, 6.45) is -10.4. The molecular weight excluding hydrogens is 937 g/mol. The van der Waals surface area contributed by atoms with E-state index in [0.717, 1.165) is 33.4 Å². The van der Waals surface area contributed by atoms with Gasteiger partial charge in [-0.3, -0.25) is 0 Å². The molecule has 3 fully saturated rings. The molecule has 0 radical (unpaired) electrons. The standard InChI is InChI=1S/C62H72O12/c1-42-54(65-36-47-25-13-6-14-26-47)58(68-39-50-31-19-9-20-32-50)52(41-64-35-46-23-11-5-12-24-46)72-61(42)74-59-53(63)62(71-44(3)55(59)66-37-48-27-15-7-16-28-48)73-57-45(4)70-43(2)56(67-38-49-29-17-8-18-30-49)60(57)69-40-51-33-21-10-22-34-51/h5-34,42-45,52-63H,35-41H2,1-4H3/t42?,43?,44?,45-,52+,53?,54?,55-,56-,57?,58+,59-,60+,61+,62-/m0/s1. The molecule has 0 spiro atoms. The van der Waals surface area contributed by atoms with E-state index in [1.807, 2.05) is 210 Å². The lowest BCUT2D eigenvalue weighted by atomic mass is 9.91. The maximum Gasteiger partial charge on any atom is 0.187 e. The van der Waals surface area contributed by atoms with Crippen LogP contribution < -0.4 is 0 Å². The molecular formula is C62H72O12. The van der Waals surface area contributed by atoms with Crippen LogP contribution in [0.2, 0.25) is 0 Å². The summed E-state index contributed by atoms with van der Waals surface area (Å²) in [5.74, 6) is -0.420. The second-order valence-electron chi connectivity index (χ2n) is 19.7. The summed E-state index contributed by atoms with van der Waals surface area (Å²) in [5, 5.41) is 12.8. The lowest BCUT2D eigenvalue weighted by molar-refractivity contribution is -0.374. The molecule has 6 unspecified atom stereocenters. The van der Waals surface area contributed by atoms with E-state index in [-0.39, 0.29) is 19.3 Å². The summed E-state index contributed by atoms with van der Waals surface area (Å²) >= 11 is 0. The monoisotopic (exact) mass is 1010 g/mol. The highest BCUT2D eigenvalue weighted by atomic mass is 16.7. The lowest BCUT2D eigenvalue weighted by Gasteiger charge is -2.50. The van der Waals surface area contributed by atoms with Gasteiger partial charge in [-0.05, 0) is 54.2 Å². The summed E-state index contributed by atoms with van der Waals surface area (Å²) in [6, 6.07) is 60.1. The Hall–Kier alpha value is -5.16. The average Bonchev–Trinajstić information content (AvgIpc) is 3.43. The molecule has 15 atom stereocenters. The van der Waals surface area contributed by atoms with Crippen LogP contribution in [0.1, 0.15) is 61.1 Å². The number of benzene rings is 6. The number of hydrogen-bond acceptors (Lipinski definition) is 12. The van der Waals surface area contributed by atoms with Crippen LogP contribution in [0, 0.1) is 5.92 Å². The first kappa shape index (κ1) is 53.7. The molecule has 0 aliphatic carbocycles. The topological polar surface area (TPSA) is 122 Å². The van der Waals surface area contributed by atoms with Gasteiger partial charge in [0.05, 0.1) is 70.7 Å². The number of rotatable bonds is 23. The Labute approximate surface area is 436 Å². The molecule has 3 heterocycles. The van der Waals surface area contributed by atoms with Crippen molar-refractivity contribution < 1.29 is 57.2 Å². The molecule has 74 heavy (non-hydrogen) atoms. The first-order chi connectivity index (χ1) is 36.3. The Kier molecular flexibility index (Phi) is 19.6. The molecule has 0 amide bonds. The summed E-state index contributed by atoms with van der Waals surface area (Å²) < 4.78 is 74.9. The summed E-state index contributed by atoms with van der Waals surface area (Å²) in [6.45, 7) is 9.98. The van der Waals surface area contributed by atoms with Crippen molar-refractivity contribution in [2.75, 3.05) is 6.61 Å². The SMILES string of the molecule is CC1C(OCc2ccccc2)[C@H](OCc2ccccc2)[C@@H](COCc2ccccc2)O[C@@H]1O[C@H]1C(O)[C@H](OC2[C@H](C)OC(C)[C@H](OCc3ccccc3)[C@H]2OCc2ccccc2)OC(C)[C@@H]1OCc1ccccc1. The Morgan fingerprint density at radius 2 is 0.676 bits per heavy atom. The van der Waals surface area contributed by atoms with E-state index in [1.54, 1.807) is 0 Å². The molecule has 3 aliphatic heterocycles. The summed E-state index contributed by atoms with van der Waals surface area (Å²) in [5.41, 5.74) is 6.03. The van der Waals surface area contributed by atoms with Crippen LogP contribution in [0.25, 0.3) is 0 Å². The van der Waals surface area contributed by atoms with Crippen LogP contribution in [-0.2, 0) is 91.7 Å². The van der Waals surface area contributed by atoms with Gasteiger partial charge in [-0.1, -0.05) is 189 Å². The molecule has 0 aromatic heterocycles. The average molecular weight is 1010 g/mol. The molecule has 3 aliphatic rings. The second-order valence-corrected chi connectivity index (χ2v) is 19.7. The minimum Gasteiger partial charge on any atom is -0.385 e. The molecule has 0 bridgehead atoms. The smallest absolute Gasteiger partial charge is 0.187 e. The van der Waals surface area contributed by atoms with Gasteiger partial charge in [-0.2, -0.15) is 0 Å². The van der Waals surface area contributed by atoms with E-state index >= 15 is 0 Å². The van der Waals surface area contributed by atoms with Crippen molar-refractivity contribution in [1.82, 2.24) is 0 Å². The first-order valence-electron chi connectivity index (χ1n) is 26.1. The fraction of sp³-hybridized carbons (Fsp3) is 0.419. The zero-order valence-electron chi connectivity index (χ0n) is 42.9. The molecule has 6 aromatic carbocycles. The fourth-order valence-electron chi connectivity index (χ4n) is 10.1. The molecule has 6 aromatic rings. The minimum absolute atomic E-state index is 0.175. The zero-order valence-corrected chi connectivity index (χ0v) is 42.9.